The lowest BCUT2D eigenvalue weighted by atomic mass is 10.1. The summed E-state index contributed by atoms with van der Waals surface area (Å²) in [7, 11) is 0. The summed E-state index contributed by atoms with van der Waals surface area (Å²) in [5.74, 6) is 0.248. The predicted molar refractivity (Wildman–Crippen MR) is 114 cm³/mol. The Balaban J connectivity index is 1.49. The SMILES string of the molecule is C=C(NCCCNc1nccc(-c2ccc(F)cc2)n1)c1c(Cl)cccc1Cl. The number of nitrogens with zero attached hydrogens (tertiary/aromatic N) is 2. The summed E-state index contributed by atoms with van der Waals surface area (Å²) in [5, 5.41) is 7.54. The van der Waals surface area contributed by atoms with E-state index < -0.39 is 0 Å². The molecule has 0 bridgehead atoms. The van der Waals surface area contributed by atoms with E-state index in [1.807, 2.05) is 0 Å². The third kappa shape index (κ3) is 5.21. The van der Waals surface area contributed by atoms with Crippen LogP contribution in [-0.4, -0.2) is 23.1 Å². The summed E-state index contributed by atoms with van der Waals surface area (Å²) >= 11 is 12.4. The van der Waals surface area contributed by atoms with Gasteiger partial charge in [-0.25, -0.2) is 14.4 Å². The van der Waals surface area contributed by atoms with Gasteiger partial charge in [0.25, 0.3) is 0 Å². The van der Waals surface area contributed by atoms with Gasteiger partial charge in [0.05, 0.1) is 15.7 Å². The third-order valence-corrected chi connectivity index (χ3v) is 4.67. The van der Waals surface area contributed by atoms with Crippen LogP contribution < -0.4 is 10.6 Å². The van der Waals surface area contributed by atoms with E-state index in [9.17, 15) is 4.39 Å². The van der Waals surface area contributed by atoms with Crippen molar-refractivity contribution in [1.29, 1.82) is 0 Å². The first-order valence-corrected chi connectivity index (χ1v) is 9.50. The van der Waals surface area contributed by atoms with Crippen LogP contribution in [0, 0.1) is 5.82 Å². The van der Waals surface area contributed by atoms with Gasteiger partial charge in [0.1, 0.15) is 5.82 Å². The fourth-order valence-electron chi connectivity index (χ4n) is 2.63. The van der Waals surface area contributed by atoms with Crippen LogP contribution in [-0.2, 0) is 0 Å². The van der Waals surface area contributed by atoms with Crippen LogP contribution in [0.15, 0.2) is 61.3 Å². The van der Waals surface area contributed by atoms with Gasteiger partial charge in [-0.15, -0.1) is 0 Å². The number of rotatable bonds is 8. The van der Waals surface area contributed by atoms with E-state index >= 15 is 0 Å². The third-order valence-electron chi connectivity index (χ3n) is 4.04. The van der Waals surface area contributed by atoms with Crippen LogP contribution >= 0.6 is 23.2 Å². The quantitative estimate of drug-likeness (QED) is 0.465. The molecule has 0 aliphatic rings. The molecule has 0 aliphatic carbocycles. The molecule has 3 rings (SSSR count). The zero-order chi connectivity index (χ0) is 19.9. The highest BCUT2D eigenvalue weighted by Crippen LogP contribution is 2.28. The van der Waals surface area contributed by atoms with Crippen LogP contribution in [0.4, 0.5) is 10.3 Å². The Morgan fingerprint density at radius 3 is 2.43 bits per heavy atom. The number of anilines is 1. The van der Waals surface area contributed by atoms with Crippen LogP contribution in [0.25, 0.3) is 17.0 Å². The number of nitrogens with one attached hydrogen (secondary N) is 2. The van der Waals surface area contributed by atoms with Crippen LogP contribution in [0.2, 0.25) is 10.0 Å². The first-order chi connectivity index (χ1) is 13.5. The molecule has 2 N–H and O–H groups in total. The molecule has 0 aliphatic heterocycles. The molecule has 0 amide bonds. The summed E-state index contributed by atoms with van der Waals surface area (Å²) < 4.78 is 13.1. The van der Waals surface area contributed by atoms with E-state index in [1.165, 1.54) is 12.1 Å². The van der Waals surface area contributed by atoms with E-state index in [-0.39, 0.29) is 5.82 Å². The zero-order valence-electron chi connectivity index (χ0n) is 15.1. The molecule has 3 aromatic rings. The van der Waals surface area contributed by atoms with E-state index in [0.29, 0.717) is 40.3 Å². The minimum atomic E-state index is -0.275. The smallest absolute Gasteiger partial charge is 0.223 e. The van der Waals surface area contributed by atoms with Gasteiger partial charge in [0.2, 0.25) is 5.95 Å². The topological polar surface area (TPSA) is 49.8 Å². The Bertz CT molecular complexity index is 941. The molecule has 7 heteroatoms. The Morgan fingerprint density at radius 2 is 1.71 bits per heavy atom. The molecule has 28 heavy (non-hydrogen) atoms. The molecule has 144 valence electrons. The van der Waals surface area contributed by atoms with Gasteiger partial charge in [-0.05, 0) is 48.9 Å². The number of hydrogen-bond acceptors (Lipinski definition) is 4. The van der Waals surface area contributed by atoms with Gasteiger partial charge in [-0.1, -0.05) is 35.8 Å². The largest absolute Gasteiger partial charge is 0.385 e. The van der Waals surface area contributed by atoms with Crippen molar-refractivity contribution in [3.8, 4) is 11.3 Å². The van der Waals surface area contributed by atoms with Gasteiger partial charge in [0.15, 0.2) is 0 Å². The maximum atomic E-state index is 13.1. The highest BCUT2D eigenvalue weighted by molar-refractivity contribution is 6.37. The second-order valence-electron chi connectivity index (χ2n) is 6.05. The van der Waals surface area contributed by atoms with Crippen molar-refractivity contribution in [2.45, 2.75) is 6.42 Å². The van der Waals surface area contributed by atoms with Gasteiger partial charge in [-0.3, -0.25) is 0 Å². The molecular formula is C21H19Cl2FN4. The Kier molecular flexibility index (Phi) is 6.85. The van der Waals surface area contributed by atoms with E-state index in [2.05, 4.69) is 27.2 Å². The summed E-state index contributed by atoms with van der Waals surface area (Å²) in [6, 6.07) is 13.4. The second-order valence-corrected chi connectivity index (χ2v) is 6.87. The zero-order valence-corrected chi connectivity index (χ0v) is 16.6. The van der Waals surface area contributed by atoms with Crippen molar-refractivity contribution in [1.82, 2.24) is 15.3 Å². The van der Waals surface area contributed by atoms with Crippen molar-refractivity contribution >= 4 is 34.8 Å². The maximum absolute atomic E-state index is 13.1. The van der Waals surface area contributed by atoms with Gasteiger partial charge >= 0.3 is 0 Å². The van der Waals surface area contributed by atoms with Gasteiger partial charge < -0.3 is 10.6 Å². The fraction of sp³-hybridized carbons (Fsp3) is 0.143. The minimum Gasteiger partial charge on any atom is -0.385 e. The fourth-order valence-corrected chi connectivity index (χ4v) is 3.25. The Labute approximate surface area is 173 Å². The van der Waals surface area contributed by atoms with Gasteiger partial charge in [-0.2, -0.15) is 0 Å². The van der Waals surface area contributed by atoms with Crippen molar-refractivity contribution in [3.05, 3.63) is 82.7 Å². The van der Waals surface area contributed by atoms with Crippen molar-refractivity contribution in [2.24, 2.45) is 0 Å². The highest BCUT2D eigenvalue weighted by atomic mass is 35.5. The molecule has 0 fully saturated rings. The van der Waals surface area contributed by atoms with E-state index in [4.69, 9.17) is 23.2 Å². The first-order valence-electron chi connectivity index (χ1n) is 8.74. The molecule has 0 unspecified atom stereocenters. The summed E-state index contributed by atoms with van der Waals surface area (Å²) in [6.07, 6.45) is 2.48. The molecule has 4 nitrogen and oxygen atoms in total. The van der Waals surface area contributed by atoms with Crippen LogP contribution in [0.3, 0.4) is 0 Å². The highest BCUT2D eigenvalue weighted by Gasteiger charge is 2.08. The molecule has 0 atom stereocenters. The second kappa shape index (κ2) is 9.53. The average Bonchev–Trinajstić information content (AvgIpc) is 2.68. The number of halogens is 3. The van der Waals surface area contributed by atoms with Crippen LogP contribution in [0.5, 0.6) is 0 Å². The summed E-state index contributed by atoms with van der Waals surface area (Å²) in [4.78, 5) is 8.68. The maximum Gasteiger partial charge on any atom is 0.223 e. The molecule has 0 saturated carbocycles. The van der Waals surface area contributed by atoms with E-state index in [0.717, 1.165) is 17.7 Å². The summed E-state index contributed by atoms with van der Waals surface area (Å²) in [6.45, 7) is 5.36. The standard InChI is InChI=1S/C21H19Cl2FN4/c1-14(20-17(22)4-2-5-18(20)23)25-11-3-12-26-21-27-13-10-19(28-21)15-6-8-16(24)9-7-15/h2,4-10,13,25H,1,3,11-12H2,(H,26,27,28). The monoisotopic (exact) mass is 416 g/mol. The molecule has 0 spiro atoms. The number of hydrogen-bond donors (Lipinski definition) is 2. The summed E-state index contributed by atoms with van der Waals surface area (Å²) in [5.41, 5.74) is 2.97. The van der Waals surface area contributed by atoms with Gasteiger partial charge in [0, 0.05) is 36.1 Å². The molecule has 2 aromatic carbocycles. The number of benzene rings is 2. The molecule has 0 radical (unpaired) electrons. The predicted octanol–water partition coefficient (Wildman–Crippen LogP) is 5.65. The lowest BCUT2D eigenvalue weighted by Gasteiger charge is -2.13. The molecular weight excluding hydrogens is 398 g/mol. The van der Waals surface area contributed by atoms with Crippen molar-refractivity contribution in [3.63, 3.8) is 0 Å². The van der Waals surface area contributed by atoms with Crippen molar-refractivity contribution in [2.75, 3.05) is 18.4 Å². The van der Waals surface area contributed by atoms with E-state index in [1.54, 1.807) is 42.6 Å². The molecule has 1 aromatic heterocycles. The lowest BCUT2D eigenvalue weighted by molar-refractivity contribution is 0.628. The minimum absolute atomic E-state index is 0.275. The Morgan fingerprint density at radius 1 is 1.00 bits per heavy atom. The molecule has 1 heterocycles. The van der Waals surface area contributed by atoms with Crippen molar-refractivity contribution < 1.29 is 4.39 Å². The average molecular weight is 417 g/mol. The number of aromatic nitrogens is 2. The Hall–Kier alpha value is -2.63. The lowest BCUT2D eigenvalue weighted by Crippen LogP contribution is -2.17. The normalized spacial score (nSPS) is 10.5. The van der Waals surface area contributed by atoms with Crippen LogP contribution in [0.1, 0.15) is 12.0 Å². The molecule has 0 saturated heterocycles. The first kappa shape index (κ1) is 20.1.